The van der Waals surface area contributed by atoms with E-state index in [1.807, 2.05) is 83.4 Å². The first-order valence-corrected chi connectivity index (χ1v) is 13.9. The standard InChI is InChI=1S/C31H26N3O5P.CH4/c35-40(36)39-25-15-13-23(14-16-25)21-38-31-28(19-26-12-7-17-37-26)33-30-27(18-22-8-3-1-4-9-22)32-29(20-34(30)31)24-10-5-2-6-11-24;/h1-17,20,35-36H,18-19,21H2;1H4. The van der Waals surface area contributed by atoms with Crippen molar-refractivity contribution in [2.45, 2.75) is 26.9 Å². The molecule has 41 heavy (non-hydrogen) atoms. The highest BCUT2D eigenvalue weighted by Gasteiger charge is 2.20. The molecule has 3 aromatic carbocycles. The van der Waals surface area contributed by atoms with E-state index in [9.17, 15) is 0 Å². The smallest absolute Gasteiger partial charge is 0.391 e. The van der Waals surface area contributed by atoms with Crippen LogP contribution in [0.1, 0.15) is 35.7 Å². The second kappa shape index (κ2) is 12.8. The average Bonchev–Trinajstić information content (AvgIpc) is 3.61. The minimum Gasteiger partial charge on any atom is -0.472 e. The van der Waals surface area contributed by atoms with Gasteiger partial charge in [0.05, 0.1) is 24.1 Å². The van der Waals surface area contributed by atoms with Crippen LogP contribution in [0.15, 0.2) is 114 Å². The van der Waals surface area contributed by atoms with E-state index in [2.05, 4.69) is 12.1 Å². The number of hydrogen-bond acceptors (Lipinski definition) is 7. The summed E-state index contributed by atoms with van der Waals surface area (Å²) in [4.78, 5) is 28.3. The molecule has 8 nitrogen and oxygen atoms in total. The molecule has 0 radical (unpaired) electrons. The van der Waals surface area contributed by atoms with E-state index >= 15 is 0 Å². The maximum atomic E-state index is 9.11. The summed E-state index contributed by atoms with van der Waals surface area (Å²) in [6, 6.07) is 31.0. The Labute approximate surface area is 239 Å². The molecule has 0 bridgehead atoms. The SMILES string of the molecule is C.OP(O)Oc1ccc(COc2c(Cc3ccco3)nc3c(Cc4ccccc4)nc(-c4ccccc4)cn23)cc1. The zero-order valence-corrected chi connectivity index (χ0v) is 22.3. The molecular weight excluding hydrogens is 537 g/mol. The van der Waals surface area contributed by atoms with Crippen molar-refractivity contribution >= 4 is 14.2 Å². The van der Waals surface area contributed by atoms with E-state index in [4.69, 9.17) is 33.4 Å². The lowest BCUT2D eigenvalue weighted by Gasteiger charge is -2.12. The number of rotatable bonds is 10. The lowest BCUT2D eigenvalue weighted by Crippen LogP contribution is -2.04. The number of ether oxygens (including phenoxy) is 1. The van der Waals surface area contributed by atoms with Crippen LogP contribution in [-0.2, 0) is 19.4 Å². The molecule has 0 unspecified atom stereocenters. The summed E-state index contributed by atoms with van der Waals surface area (Å²) in [5, 5.41) is 0. The number of hydrogen-bond donors (Lipinski definition) is 2. The third-order valence-electron chi connectivity index (χ3n) is 6.39. The van der Waals surface area contributed by atoms with Crippen molar-refractivity contribution in [3.05, 3.63) is 138 Å². The van der Waals surface area contributed by atoms with Crippen LogP contribution in [0.5, 0.6) is 11.6 Å². The summed E-state index contributed by atoms with van der Waals surface area (Å²) < 4.78 is 19.0. The molecule has 0 aliphatic heterocycles. The lowest BCUT2D eigenvalue weighted by molar-refractivity contribution is 0.287. The maximum absolute atomic E-state index is 9.11. The van der Waals surface area contributed by atoms with Crippen molar-refractivity contribution < 1.29 is 23.5 Å². The Morgan fingerprint density at radius 3 is 2.17 bits per heavy atom. The van der Waals surface area contributed by atoms with Gasteiger partial charge in [0, 0.05) is 18.2 Å². The van der Waals surface area contributed by atoms with Gasteiger partial charge in [0.15, 0.2) is 5.65 Å². The number of benzene rings is 3. The number of imidazole rings is 1. The summed E-state index contributed by atoms with van der Waals surface area (Å²) in [6.45, 7) is 0.267. The number of fused-ring (bicyclic) bond motifs is 1. The van der Waals surface area contributed by atoms with E-state index in [0.717, 1.165) is 45.2 Å². The normalized spacial score (nSPS) is 11.0. The molecule has 6 rings (SSSR count). The molecule has 0 amide bonds. The van der Waals surface area contributed by atoms with Gasteiger partial charge in [-0.15, -0.1) is 0 Å². The van der Waals surface area contributed by atoms with E-state index in [1.54, 1.807) is 18.4 Å². The molecular formula is C32H30N3O5P. The Balaban J connectivity index is 0.00000337. The monoisotopic (exact) mass is 567 g/mol. The van der Waals surface area contributed by atoms with E-state index in [-0.39, 0.29) is 14.0 Å². The fourth-order valence-electron chi connectivity index (χ4n) is 4.53. The largest absolute Gasteiger partial charge is 0.472 e. The highest BCUT2D eigenvalue weighted by atomic mass is 31.2. The predicted molar refractivity (Wildman–Crippen MR) is 159 cm³/mol. The highest BCUT2D eigenvalue weighted by molar-refractivity contribution is 7.39. The Bertz CT molecular complexity index is 1690. The average molecular weight is 568 g/mol. The molecule has 0 spiro atoms. The summed E-state index contributed by atoms with van der Waals surface area (Å²) in [5.74, 6) is 1.76. The molecule has 3 aromatic heterocycles. The van der Waals surface area contributed by atoms with Crippen molar-refractivity contribution in [3.63, 3.8) is 0 Å². The van der Waals surface area contributed by atoms with Crippen molar-refractivity contribution in [3.8, 4) is 22.9 Å². The van der Waals surface area contributed by atoms with Crippen molar-refractivity contribution in [2.24, 2.45) is 0 Å². The van der Waals surface area contributed by atoms with Crippen LogP contribution in [0.3, 0.4) is 0 Å². The topological polar surface area (TPSA) is 102 Å². The van der Waals surface area contributed by atoms with Crippen molar-refractivity contribution in [2.75, 3.05) is 0 Å². The van der Waals surface area contributed by atoms with Gasteiger partial charge >= 0.3 is 8.60 Å². The Morgan fingerprint density at radius 1 is 0.756 bits per heavy atom. The third-order valence-corrected chi connectivity index (χ3v) is 6.77. The predicted octanol–water partition coefficient (Wildman–Crippen LogP) is 6.98. The van der Waals surface area contributed by atoms with Crippen molar-refractivity contribution in [1.29, 1.82) is 0 Å². The van der Waals surface area contributed by atoms with E-state index in [1.165, 1.54) is 0 Å². The number of furan rings is 1. The first-order valence-electron chi connectivity index (χ1n) is 12.7. The second-order valence-electron chi connectivity index (χ2n) is 9.19. The molecule has 208 valence electrons. The second-order valence-corrected chi connectivity index (χ2v) is 9.88. The van der Waals surface area contributed by atoms with Gasteiger partial charge in [0.1, 0.15) is 23.8 Å². The molecule has 0 saturated heterocycles. The fraction of sp³-hybridized carbons (Fsp3) is 0.125. The number of aromatic nitrogens is 3. The summed E-state index contributed by atoms with van der Waals surface area (Å²) in [5.41, 5.74) is 6.14. The van der Waals surface area contributed by atoms with Crippen molar-refractivity contribution in [1.82, 2.24) is 14.4 Å². The van der Waals surface area contributed by atoms with Crippen LogP contribution in [0.25, 0.3) is 16.9 Å². The van der Waals surface area contributed by atoms with E-state index in [0.29, 0.717) is 24.5 Å². The first-order chi connectivity index (χ1) is 19.6. The van der Waals surface area contributed by atoms with Gasteiger partial charge in [0.2, 0.25) is 5.88 Å². The van der Waals surface area contributed by atoms with Crippen LogP contribution in [0.2, 0.25) is 0 Å². The molecule has 0 atom stereocenters. The lowest BCUT2D eigenvalue weighted by atomic mass is 10.1. The fourth-order valence-corrected chi connectivity index (χ4v) is 4.84. The molecule has 0 aliphatic rings. The first kappa shape index (κ1) is 28.1. The molecule has 0 fully saturated rings. The van der Waals surface area contributed by atoms with Gasteiger partial charge in [-0.3, -0.25) is 4.40 Å². The van der Waals surface area contributed by atoms with Crippen LogP contribution < -0.4 is 9.26 Å². The minimum atomic E-state index is -2.47. The van der Waals surface area contributed by atoms with E-state index < -0.39 is 8.60 Å². The molecule has 2 N–H and O–H groups in total. The van der Waals surface area contributed by atoms with Crippen LogP contribution in [-0.4, -0.2) is 24.2 Å². The number of nitrogens with zero attached hydrogens (tertiary/aromatic N) is 3. The Kier molecular flexibility index (Phi) is 8.75. The Morgan fingerprint density at radius 2 is 1.49 bits per heavy atom. The molecule has 3 heterocycles. The summed E-state index contributed by atoms with van der Waals surface area (Å²) >= 11 is 0. The third kappa shape index (κ3) is 6.64. The highest BCUT2D eigenvalue weighted by Crippen LogP contribution is 2.31. The van der Waals surface area contributed by atoms with Crippen LogP contribution >= 0.6 is 8.60 Å². The quantitative estimate of drug-likeness (QED) is 0.172. The van der Waals surface area contributed by atoms with Crippen LogP contribution in [0.4, 0.5) is 0 Å². The Hall–Kier alpha value is -4.49. The molecule has 6 aromatic rings. The van der Waals surface area contributed by atoms with Gasteiger partial charge in [-0.05, 0) is 35.4 Å². The van der Waals surface area contributed by atoms with Gasteiger partial charge in [-0.1, -0.05) is 80.2 Å². The zero-order valence-electron chi connectivity index (χ0n) is 21.4. The zero-order chi connectivity index (χ0) is 27.3. The maximum Gasteiger partial charge on any atom is 0.391 e. The molecule has 0 aliphatic carbocycles. The molecule has 0 saturated carbocycles. The van der Waals surface area contributed by atoms with Gasteiger partial charge < -0.3 is 23.5 Å². The van der Waals surface area contributed by atoms with Gasteiger partial charge in [-0.25, -0.2) is 9.97 Å². The van der Waals surface area contributed by atoms with Gasteiger partial charge in [-0.2, -0.15) is 0 Å². The van der Waals surface area contributed by atoms with Gasteiger partial charge in [0.25, 0.3) is 0 Å². The van der Waals surface area contributed by atoms with Crippen LogP contribution in [0, 0.1) is 0 Å². The molecule has 9 heteroatoms. The summed E-state index contributed by atoms with van der Waals surface area (Å²) in [7, 11) is -2.47. The minimum absolute atomic E-state index is 0. The summed E-state index contributed by atoms with van der Waals surface area (Å²) in [6.07, 6.45) is 4.69.